The number of nitrogens with zero attached hydrogens (tertiary/aromatic N) is 2. The number of aromatic nitrogens is 2. The maximum Gasteiger partial charge on any atom is 0.249 e. The van der Waals surface area contributed by atoms with E-state index >= 15 is 0 Å². The van der Waals surface area contributed by atoms with Gasteiger partial charge in [0.25, 0.3) is 0 Å². The molecule has 1 aliphatic heterocycles. The van der Waals surface area contributed by atoms with Gasteiger partial charge in [0.2, 0.25) is 5.91 Å². The van der Waals surface area contributed by atoms with Crippen LogP contribution in [0.4, 0.5) is 5.82 Å². The lowest BCUT2D eigenvalue weighted by molar-refractivity contribution is -0.111. The number of ether oxygens (including phenoxy) is 1. The summed E-state index contributed by atoms with van der Waals surface area (Å²) in [5.41, 5.74) is 3.74. The van der Waals surface area contributed by atoms with Gasteiger partial charge in [-0.15, -0.1) is 0 Å². The number of rotatable bonds is 5. The van der Waals surface area contributed by atoms with Crippen molar-refractivity contribution in [1.29, 1.82) is 0 Å². The van der Waals surface area contributed by atoms with Crippen LogP contribution in [0, 0.1) is 0 Å². The van der Waals surface area contributed by atoms with Crippen LogP contribution in [-0.4, -0.2) is 22.8 Å². The van der Waals surface area contributed by atoms with Crippen molar-refractivity contribution in [2.45, 2.75) is 11.5 Å². The number of anilines is 1. The molecule has 142 valence electrons. The number of hydrogen-bond donors (Lipinski definition) is 1. The molecule has 1 aliphatic rings. The van der Waals surface area contributed by atoms with Gasteiger partial charge in [0.05, 0.1) is 18.5 Å². The van der Waals surface area contributed by atoms with Gasteiger partial charge in [-0.3, -0.25) is 4.79 Å². The van der Waals surface area contributed by atoms with Crippen LogP contribution >= 0.6 is 23.4 Å². The molecular weight excluding hydrogens is 394 g/mol. The first-order valence-corrected chi connectivity index (χ1v) is 10.3. The molecule has 2 aromatic carbocycles. The Morgan fingerprint density at radius 3 is 2.75 bits per heavy atom. The zero-order valence-electron chi connectivity index (χ0n) is 15.2. The molecule has 0 aliphatic carbocycles. The van der Waals surface area contributed by atoms with Crippen LogP contribution in [0.15, 0.2) is 54.6 Å². The van der Waals surface area contributed by atoms with Crippen LogP contribution < -0.4 is 10.1 Å². The summed E-state index contributed by atoms with van der Waals surface area (Å²) in [6, 6.07) is 15.0. The third-order valence-corrected chi connectivity index (χ3v) is 5.74. The predicted octanol–water partition coefficient (Wildman–Crippen LogP) is 4.93. The van der Waals surface area contributed by atoms with E-state index in [9.17, 15) is 4.79 Å². The molecule has 2 heterocycles. The van der Waals surface area contributed by atoms with Crippen LogP contribution in [0.2, 0.25) is 5.02 Å². The van der Waals surface area contributed by atoms with Gasteiger partial charge in [-0.25, -0.2) is 4.68 Å². The van der Waals surface area contributed by atoms with Gasteiger partial charge < -0.3 is 10.1 Å². The van der Waals surface area contributed by atoms with E-state index in [0.717, 1.165) is 39.8 Å². The Bertz CT molecular complexity index is 1040. The highest BCUT2D eigenvalue weighted by Crippen LogP contribution is 2.36. The van der Waals surface area contributed by atoms with Crippen LogP contribution in [0.1, 0.15) is 16.8 Å². The number of nitrogens with one attached hydrogen (secondary N) is 1. The van der Waals surface area contributed by atoms with Crippen molar-refractivity contribution in [1.82, 2.24) is 9.78 Å². The SMILES string of the molecule is COc1ccc(-n2nc3c(c2NC(=O)/C=C/c2ccccc2Cl)CSC3)cc1. The number of benzene rings is 2. The number of thioether (sulfide) groups is 1. The summed E-state index contributed by atoms with van der Waals surface area (Å²) in [6.45, 7) is 0. The number of fused-ring (bicyclic) bond motifs is 1. The van der Waals surface area contributed by atoms with E-state index in [4.69, 9.17) is 21.4 Å². The average molecular weight is 412 g/mol. The normalized spacial score (nSPS) is 12.9. The van der Waals surface area contributed by atoms with Crippen molar-refractivity contribution in [3.63, 3.8) is 0 Å². The molecule has 0 saturated heterocycles. The molecule has 0 bridgehead atoms. The fourth-order valence-corrected chi connectivity index (χ4v) is 4.22. The largest absolute Gasteiger partial charge is 0.497 e. The van der Waals surface area contributed by atoms with Crippen molar-refractivity contribution >= 4 is 41.2 Å². The van der Waals surface area contributed by atoms with Gasteiger partial charge in [-0.1, -0.05) is 29.8 Å². The van der Waals surface area contributed by atoms with Crippen LogP contribution in [0.3, 0.4) is 0 Å². The summed E-state index contributed by atoms with van der Waals surface area (Å²) in [5, 5.41) is 8.30. The Labute approximate surface area is 172 Å². The molecule has 0 unspecified atom stereocenters. The topological polar surface area (TPSA) is 56.1 Å². The molecule has 1 aromatic heterocycles. The molecule has 3 aromatic rings. The standard InChI is InChI=1S/C21H18ClN3O2S/c1-27-16-9-7-15(8-10-16)25-21(17-12-28-13-19(17)24-25)23-20(26)11-6-14-4-2-3-5-18(14)22/h2-11H,12-13H2,1H3,(H,23,26)/b11-6+. The van der Waals surface area contributed by atoms with Crippen LogP contribution in [-0.2, 0) is 16.3 Å². The van der Waals surface area contributed by atoms with Gasteiger partial charge in [-0.2, -0.15) is 16.9 Å². The highest BCUT2D eigenvalue weighted by atomic mass is 35.5. The first-order chi connectivity index (χ1) is 13.7. The molecule has 0 fully saturated rings. The predicted molar refractivity (Wildman–Crippen MR) is 114 cm³/mol. The summed E-state index contributed by atoms with van der Waals surface area (Å²) >= 11 is 7.94. The summed E-state index contributed by atoms with van der Waals surface area (Å²) in [7, 11) is 1.63. The molecule has 7 heteroatoms. The molecule has 1 N–H and O–H groups in total. The van der Waals surface area contributed by atoms with Crippen molar-refractivity contribution in [3.05, 3.63) is 76.5 Å². The molecule has 1 amide bonds. The molecule has 28 heavy (non-hydrogen) atoms. The highest BCUT2D eigenvalue weighted by Gasteiger charge is 2.24. The number of carbonyl (C=O) groups excluding carboxylic acids is 1. The molecule has 0 saturated carbocycles. The molecule has 0 radical (unpaired) electrons. The maximum absolute atomic E-state index is 12.6. The Hall–Kier alpha value is -2.70. The van der Waals surface area contributed by atoms with Gasteiger partial charge in [0.15, 0.2) is 0 Å². The lowest BCUT2D eigenvalue weighted by atomic mass is 10.2. The van der Waals surface area contributed by atoms with Gasteiger partial charge >= 0.3 is 0 Å². The van der Waals surface area contributed by atoms with Gasteiger partial charge in [0.1, 0.15) is 11.6 Å². The minimum Gasteiger partial charge on any atom is -0.497 e. The maximum atomic E-state index is 12.6. The van der Waals surface area contributed by atoms with Crippen molar-refractivity contribution < 1.29 is 9.53 Å². The van der Waals surface area contributed by atoms with E-state index in [0.29, 0.717) is 10.8 Å². The Morgan fingerprint density at radius 2 is 2.00 bits per heavy atom. The van der Waals surface area contributed by atoms with Crippen molar-refractivity contribution in [2.24, 2.45) is 0 Å². The van der Waals surface area contributed by atoms with E-state index in [-0.39, 0.29) is 5.91 Å². The van der Waals surface area contributed by atoms with Gasteiger partial charge in [0, 0.05) is 28.2 Å². The second-order valence-electron chi connectivity index (χ2n) is 6.22. The Morgan fingerprint density at radius 1 is 1.21 bits per heavy atom. The lowest BCUT2D eigenvalue weighted by Gasteiger charge is -2.10. The Kier molecular flexibility index (Phi) is 5.41. The number of carbonyl (C=O) groups is 1. The first-order valence-electron chi connectivity index (χ1n) is 8.72. The molecule has 0 spiro atoms. The first kappa shape index (κ1) is 18.7. The number of hydrogen-bond acceptors (Lipinski definition) is 4. The zero-order chi connectivity index (χ0) is 19.5. The average Bonchev–Trinajstić information content (AvgIpc) is 3.30. The molecular formula is C21H18ClN3O2S. The van der Waals surface area contributed by atoms with Gasteiger partial charge in [-0.05, 0) is 42.0 Å². The summed E-state index contributed by atoms with van der Waals surface area (Å²) < 4.78 is 7.00. The molecule has 5 nitrogen and oxygen atoms in total. The molecule has 4 rings (SSSR count). The fraction of sp³-hybridized carbons (Fsp3) is 0.143. The zero-order valence-corrected chi connectivity index (χ0v) is 16.8. The summed E-state index contributed by atoms with van der Waals surface area (Å²) in [6.07, 6.45) is 3.20. The third-order valence-electron chi connectivity index (χ3n) is 4.43. The van der Waals surface area contributed by atoms with E-state index < -0.39 is 0 Å². The fourth-order valence-electron chi connectivity index (χ4n) is 2.99. The van der Waals surface area contributed by atoms with Crippen molar-refractivity contribution in [3.8, 4) is 11.4 Å². The van der Waals surface area contributed by atoms with Crippen LogP contribution in [0.5, 0.6) is 5.75 Å². The van der Waals surface area contributed by atoms with Crippen LogP contribution in [0.25, 0.3) is 11.8 Å². The third kappa shape index (κ3) is 3.79. The van der Waals surface area contributed by atoms with E-state index in [1.165, 1.54) is 6.08 Å². The lowest BCUT2D eigenvalue weighted by Crippen LogP contribution is -2.13. The second kappa shape index (κ2) is 8.12. The monoisotopic (exact) mass is 411 g/mol. The van der Waals surface area contributed by atoms with E-state index in [2.05, 4.69) is 5.32 Å². The summed E-state index contributed by atoms with van der Waals surface area (Å²) in [5.74, 6) is 2.92. The quantitative estimate of drug-likeness (QED) is 0.604. The number of halogens is 1. The van der Waals surface area contributed by atoms with E-state index in [1.54, 1.807) is 35.7 Å². The van der Waals surface area contributed by atoms with E-state index in [1.807, 2.05) is 42.5 Å². The molecule has 0 atom stereocenters. The van der Waals surface area contributed by atoms with Crippen molar-refractivity contribution in [2.75, 3.05) is 12.4 Å². The minimum atomic E-state index is -0.228. The smallest absolute Gasteiger partial charge is 0.249 e. The highest BCUT2D eigenvalue weighted by molar-refractivity contribution is 7.98. The minimum absolute atomic E-state index is 0.228. The second-order valence-corrected chi connectivity index (χ2v) is 7.61. The summed E-state index contributed by atoms with van der Waals surface area (Å²) in [4.78, 5) is 12.6. The number of methoxy groups -OCH3 is 1. The Balaban J connectivity index is 1.61. The number of amides is 1.